The topological polar surface area (TPSA) is 54.0 Å². The normalized spacial score (nSPS) is 20.2. The maximum absolute atomic E-state index is 11.9. The molecule has 0 radical (unpaired) electrons. The minimum atomic E-state index is -0.522. The van der Waals surface area contributed by atoms with Crippen molar-refractivity contribution in [2.45, 2.75) is 51.1 Å². The summed E-state index contributed by atoms with van der Waals surface area (Å²) in [7, 11) is 2.48. The fourth-order valence-corrected chi connectivity index (χ4v) is 2.56. The molecule has 1 atom stereocenters. The highest BCUT2D eigenvalue weighted by Gasteiger charge is 2.54. The van der Waals surface area contributed by atoms with Gasteiger partial charge in [0.15, 0.2) is 0 Å². The molecule has 1 fully saturated rings. The van der Waals surface area contributed by atoms with Crippen molar-refractivity contribution < 1.29 is 23.6 Å². The van der Waals surface area contributed by atoms with Gasteiger partial charge >= 0.3 is 13.1 Å². The molecule has 5 nitrogen and oxygen atoms in total. The smallest absolute Gasteiger partial charge is 0.466 e. The monoisotopic (exact) mass is 320 g/mol. The molecule has 1 aliphatic rings. The van der Waals surface area contributed by atoms with Crippen LogP contribution in [0.15, 0.2) is 24.3 Å². The Balaban J connectivity index is 2.33. The van der Waals surface area contributed by atoms with E-state index < -0.39 is 18.3 Å². The molecule has 6 heteroatoms. The van der Waals surface area contributed by atoms with Crippen LogP contribution in [0.2, 0.25) is 0 Å². The van der Waals surface area contributed by atoms with Crippen LogP contribution in [-0.2, 0) is 18.8 Å². The number of methoxy groups -OCH3 is 2. The van der Waals surface area contributed by atoms with Crippen LogP contribution in [0.5, 0.6) is 5.75 Å². The third kappa shape index (κ3) is 3.70. The van der Waals surface area contributed by atoms with Crippen LogP contribution in [0.3, 0.4) is 0 Å². The Labute approximate surface area is 138 Å². The van der Waals surface area contributed by atoms with Crippen molar-refractivity contribution in [1.82, 2.24) is 0 Å². The molecule has 1 aromatic carbocycles. The van der Waals surface area contributed by atoms with E-state index in [0.29, 0.717) is 0 Å². The molecule has 1 saturated heterocycles. The molecule has 0 amide bonds. The van der Waals surface area contributed by atoms with Gasteiger partial charge < -0.3 is 18.8 Å². The van der Waals surface area contributed by atoms with Crippen LogP contribution < -0.4 is 4.74 Å². The van der Waals surface area contributed by atoms with Gasteiger partial charge in [0, 0.05) is 5.82 Å². The summed E-state index contributed by atoms with van der Waals surface area (Å²) in [6.45, 7) is 7.98. The number of hydrogen-bond acceptors (Lipinski definition) is 5. The van der Waals surface area contributed by atoms with Gasteiger partial charge in [-0.2, -0.15) is 0 Å². The first-order valence-corrected chi connectivity index (χ1v) is 7.76. The molecule has 1 aromatic rings. The Kier molecular flexibility index (Phi) is 5.06. The Morgan fingerprint density at radius 1 is 1.17 bits per heavy atom. The summed E-state index contributed by atoms with van der Waals surface area (Å²) in [5.41, 5.74) is 0.0174. The van der Waals surface area contributed by atoms with E-state index in [1.165, 1.54) is 7.11 Å². The van der Waals surface area contributed by atoms with Gasteiger partial charge in [-0.3, -0.25) is 4.79 Å². The Morgan fingerprint density at radius 2 is 1.78 bits per heavy atom. The molecule has 2 rings (SSSR count). The van der Waals surface area contributed by atoms with E-state index >= 15 is 0 Å². The summed E-state index contributed by atoms with van der Waals surface area (Å²) in [5, 5.41) is 0. The van der Waals surface area contributed by atoms with Crippen molar-refractivity contribution in [3.8, 4) is 5.75 Å². The highest BCUT2D eigenvalue weighted by Crippen LogP contribution is 2.42. The van der Waals surface area contributed by atoms with Crippen molar-refractivity contribution in [1.29, 1.82) is 0 Å². The minimum absolute atomic E-state index is 0.181. The van der Waals surface area contributed by atoms with E-state index in [2.05, 4.69) is 0 Å². The fourth-order valence-electron chi connectivity index (χ4n) is 2.56. The van der Waals surface area contributed by atoms with Gasteiger partial charge in [0.2, 0.25) is 0 Å². The van der Waals surface area contributed by atoms with Gasteiger partial charge in [0.1, 0.15) is 5.75 Å². The van der Waals surface area contributed by atoms with E-state index in [1.807, 2.05) is 52.0 Å². The molecule has 1 aliphatic heterocycles. The van der Waals surface area contributed by atoms with E-state index in [1.54, 1.807) is 7.11 Å². The van der Waals surface area contributed by atoms with Crippen LogP contribution in [0.25, 0.3) is 0 Å². The number of carbonyl (C=O) groups excluding carboxylic acids is 1. The van der Waals surface area contributed by atoms with E-state index in [9.17, 15) is 4.79 Å². The molecular weight excluding hydrogens is 295 g/mol. The number of ether oxygens (including phenoxy) is 2. The SMILES string of the molecule is COC(=O)CC(B1OC(C)(C)C(C)(C)O1)c1cccc(OC)c1. The van der Waals surface area contributed by atoms with Gasteiger partial charge in [-0.25, -0.2) is 0 Å². The Hall–Kier alpha value is -1.53. The molecule has 1 heterocycles. The molecule has 0 aromatic heterocycles. The molecule has 1 unspecified atom stereocenters. The van der Waals surface area contributed by atoms with Crippen molar-refractivity contribution in [2.24, 2.45) is 0 Å². The first-order chi connectivity index (χ1) is 10.7. The zero-order chi connectivity index (χ0) is 17.3. The van der Waals surface area contributed by atoms with E-state index in [4.69, 9.17) is 18.8 Å². The zero-order valence-corrected chi connectivity index (χ0v) is 14.7. The van der Waals surface area contributed by atoms with Crippen LogP contribution in [-0.4, -0.2) is 38.5 Å². The summed E-state index contributed by atoms with van der Waals surface area (Å²) in [4.78, 5) is 11.9. The largest absolute Gasteiger partial charge is 0.497 e. The summed E-state index contributed by atoms with van der Waals surface area (Å²) in [6.07, 6.45) is 0.181. The second-order valence-corrected chi connectivity index (χ2v) is 6.79. The van der Waals surface area contributed by atoms with Gasteiger partial charge in [-0.1, -0.05) is 12.1 Å². The lowest BCUT2D eigenvalue weighted by Crippen LogP contribution is -2.41. The van der Waals surface area contributed by atoms with Crippen molar-refractivity contribution in [3.05, 3.63) is 29.8 Å². The molecule has 0 aliphatic carbocycles. The van der Waals surface area contributed by atoms with Crippen LogP contribution in [0.4, 0.5) is 0 Å². The van der Waals surface area contributed by atoms with Gasteiger partial charge in [0.05, 0.1) is 31.8 Å². The summed E-state index contributed by atoms with van der Waals surface area (Å²) in [5.74, 6) is 0.167. The summed E-state index contributed by atoms with van der Waals surface area (Å²) < 4.78 is 22.4. The summed E-state index contributed by atoms with van der Waals surface area (Å²) in [6, 6.07) is 7.60. The summed E-state index contributed by atoms with van der Waals surface area (Å²) >= 11 is 0. The number of benzene rings is 1. The van der Waals surface area contributed by atoms with E-state index in [0.717, 1.165) is 11.3 Å². The first kappa shape index (κ1) is 17.8. The third-order valence-corrected chi connectivity index (χ3v) is 4.74. The second-order valence-electron chi connectivity index (χ2n) is 6.79. The first-order valence-electron chi connectivity index (χ1n) is 7.76. The highest BCUT2D eigenvalue weighted by molar-refractivity contribution is 6.48. The van der Waals surface area contributed by atoms with Crippen LogP contribution >= 0.6 is 0 Å². The van der Waals surface area contributed by atoms with Gasteiger partial charge in [-0.15, -0.1) is 0 Å². The van der Waals surface area contributed by atoms with Crippen LogP contribution in [0.1, 0.15) is 45.5 Å². The Morgan fingerprint density at radius 3 is 2.30 bits per heavy atom. The molecule has 0 saturated carbocycles. The molecule has 126 valence electrons. The second kappa shape index (κ2) is 6.53. The number of carbonyl (C=O) groups is 1. The predicted octanol–water partition coefficient (Wildman–Crippen LogP) is 2.97. The maximum Gasteiger partial charge on any atom is 0.466 e. The number of esters is 1. The molecular formula is C17H25BO5. The minimum Gasteiger partial charge on any atom is -0.497 e. The lowest BCUT2D eigenvalue weighted by atomic mass is 9.66. The molecule has 0 N–H and O–H groups in total. The number of hydrogen-bond donors (Lipinski definition) is 0. The van der Waals surface area contributed by atoms with Crippen molar-refractivity contribution >= 4 is 13.1 Å². The van der Waals surface area contributed by atoms with Crippen LogP contribution in [0, 0.1) is 0 Å². The molecule has 0 bridgehead atoms. The highest BCUT2D eigenvalue weighted by atomic mass is 16.7. The van der Waals surface area contributed by atoms with Crippen molar-refractivity contribution in [2.75, 3.05) is 14.2 Å². The quantitative estimate of drug-likeness (QED) is 0.617. The average Bonchev–Trinajstić information content (AvgIpc) is 2.72. The van der Waals surface area contributed by atoms with Gasteiger partial charge in [0.25, 0.3) is 0 Å². The number of rotatable bonds is 5. The average molecular weight is 320 g/mol. The maximum atomic E-state index is 11.9. The lowest BCUT2D eigenvalue weighted by molar-refractivity contribution is -0.140. The molecule has 0 spiro atoms. The Bertz CT molecular complexity index is 554. The lowest BCUT2D eigenvalue weighted by Gasteiger charge is -2.32. The predicted molar refractivity (Wildman–Crippen MR) is 88.5 cm³/mol. The standard InChI is InChI=1S/C17H25BO5/c1-16(2)17(3,4)23-18(22-16)14(11-15(19)21-6)12-8-7-9-13(10-12)20-5/h7-10,14H,11H2,1-6H3. The molecule has 23 heavy (non-hydrogen) atoms. The van der Waals surface area contributed by atoms with Crippen molar-refractivity contribution in [3.63, 3.8) is 0 Å². The van der Waals surface area contributed by atoms with Gasteiger partial charge in [-0.05, 0) is 45.4 Å². The third-order valence-electron chi connectivity index (χ3n) is 4.74. The van der Waals surface area contributed by atoms with E-state index in [-0.39, 0.29) is 18.2 Å². The zero-order valence-electron chi connectivity index (χ0n) is 14.7. The fraction of sp³-hybridized carbons (Fsp3) is 0.588.